The number of anilines is 1. The zero-order valence-electron chi connectivity index (χ0n) is 11.6. The number of carbonyl (C=O) groups excluding carboxylic acids is 1. The summed E-state index contributed by atoms with van der Waals surface area (Å²) >= 11 is 0. The Hall–Kier alpha value is -1.63. The number of aromatic nitrogens is 1. The first-order chi connectivity index (χ1) is 9.35. The normalized spacial score (nSPS) is 20.9. The molecule has 1 aromatic heterocycles. The summed E-state index contributed by atoms with van der Waals surface area (Å²) < 4.78 is 22.7. The number of nitrogens with one attached hydrogen (secondary N) is 2. The minimum Gasteiger partial charge on any atom is -0.383 e. The summed E-state index contributed by atoms with van der Waals surface area (Å²) in [6, 6.07) is 3.40. The number of hydrogen-bond donors (Lipinski definition) is 2. The lowest BCUT2D eigenvalue weighted by atomic mass is 10.2. The van der Waals surface area contributed by atoms with Gasteiger partial charge >= 0.3 is 0 Å². The Labute approximate surface area is 118 Å². The van der Waals surface area contributed by atoms with Gasteiger partial charge in [0.25, 0.3) is 5.91 Å². The van der Waals surface area contributed by atoms with E-state index in [-0.39, 0.29) is 29.5 Å². The fourth-order valence-electron chi connectivity index (χ4n) is 2.15. The Morgan fingerprint density at radius 2 is 2.20 bits per heavy atom. The van der Waals surface area contributed by atoms with Gasteiger partial charge in [-0.15, -0.1) is 0 Å². The Morgan fingerprint density at radius 3 is 2.80 bits per heavy atom. The van der Waals surface area contributed by atoms with Gasteiger partial charge in [0.1, 0.15) is 5.69 Å². The second-order valence-corrected chi connectivity index (χ2v) is 7.53. The zero-order chi connectivity index (χ0) is 14.8. The van der Waals surface area contributed by atoms with Gasteiger partial charge in [0.2, 0.25) is 0 Å². The molecule has 1 amide bonds. The number of sulfone groups is 1. The van der Waals surface area contributed by atoms with Crippen LogP contribution in [0.2, 0.25) is 0 Å². The molecule has 110 valence electrons. The minimum atomic E-state index is -2.99. The molecule has 1 atom stereocenters. The summed E-state index contributed by atoms with van der Waals surface area (Å²) in [7, 11) is -2.99. The van der Waals surface area contributed by atoms with E-state index in [4.69, 9.17) is 0 Å². The third kappa shape index (κ3) is 3.93. The van der Waals surface area contributed by atoms with Crippen molar-refractivity contribution in [3.63, 3.8) is 0 Å². The van der Waals surface area contributed by atoms with E-state index in [9.17, 15) is 13.2 Å². The number of carbonyl (C=O) groups is 1. The third-order valence-electron chi connectivity index (χ3n) is 3.02. The van der Waals surface area contributed by atoms with Crippen molar-refractivity contribution in [1.29, 1.82) is 0 Å². The first-order valence-corrected chi connectivity index (χ1v) is 8.42. The van der Waals surface area contributed by atoms with Crippen molar-refractivity contribution < 1.29 is 13.2 Å². The molecule has 1 fully saturated rings. The van der Waals surface area contributed by atoms with Gasteiger partial charge in [-0.2, -0.15) is 0 Å². The molecule has 2 rings (SSSR count). The van der Waals surface area contributed by atoms with Gasteiger partial charge in [-0.05, 0) is 32.4 Å². The summed E-state index contributed by atoms with van der Waals surface area (Å²) in [5.41, 5.74) is 1.11. The molecule has 0 radical (unpaired) electrons. The molecule has 1 unspecified atom stereocenters. The van der Waals surface area contributed by atoms with E-state index < -0.39 is 9.84 Å². The summed E-state index contributed by atoms with van der Waals surface area (Å²) in [5, 5.41) is 5.91. The molecule has 2 N–H and O–H groups in total. The molecule has 2 heterocycles. The topological polar surface area (TPSA) is 88.2 Å². The van der Waals surface area contributed by atoms with E-state index in [1.165, 1.54) is 0 Å². The van der Waals surface area contributed by atoms with Gasteiger partial charge in [-0.25, -0.2) is 8.42 Å². The Bertz CT molecular complexity index is 599. The lowest BCUT2D eigenvalue weighted by Gasteiger charge is -2.12. The van der Waals surface area contributed by atoms with Gasteiger partial charge in [0.15, 0.2) is 9.84 Å². The van der Waals surface area contributed by atoms with Crippen molar-refractivity contribution >= 4 is 21.4 Å². The highest BCUT2D eigenvalue weighted by Crippen LogP contribution is 2.13. The maximum Gasteiger partial charge on any atom is 0.270 e. The summed E-state index contributed by atoms with van der Waals surface area (Å²) in [5.74, 6) is -0.178. The molecule has 1 aliphatic rings. The van der Waals surface area contributed by atoms with Crippen LogP contribution in [0.3, 0.4) is 0 Å². The molecular formula is C13H19N3O3S. The van der Waals surface area contributed by atoms with Gasteiger partial charge < -0.3 is 10.6 Å². The van der Waals surface area contributed by atoms with Crippen LogP contribution < -0.4 is 10.6 Å². The van der Waals surface area contributed by atoms with Crippen molar-refractivity contribution in [1.82, 2.24) is 10.3 Å². The van der Waals surface area contributed by atoms with Gasteiger partial charge in [-0.1, -0.05) is 0 Å². The first-order valence-electron chi connectivity index (χ1n) is 6.59. The summed E-state index contributed by atoms with van der Waals surface area (Å²) in [6.45, 7) is 4.01. The zero-order valence-corrected chi connectivity index (χ0v) is 12.4. The molecule has 0 aromatic carbocycles. The lowest BCUT2D eigenvalue weighted by molar-refractivity contribution is 0.0936. The van der Waals surface area contributed by atoms with Crippen LogP contribution in [0.15, 0.2) is 18.3 Å². The van der Waals surface area contributed by atoms with Crippen molar-refractivity contribution in [3.05, 3.63) is 24.0 Å². The average molecular weight is 297 g/mol. The minimum absolute atomic E-state index is 0.0165. The smallest absolute Gasteiger partial charge is 0.270 e. The standard InChI is InChI=1S/C13H19N3O3S/c1-9(2)15-10-3-5-14-12(7-10)13(17)16-11-4-6-20(18,19)8-11/h3,5,7,9,11H,4,6,8H2,1-2H3,(H,14,15)(H,16,17). The van der Waals surface area contributed by atoms with Crippen LogP contribution in [0.1, 0.15) is 30.8 Å². The van der Waals surface area contributed by atoms with Crippen LogP contribution in [0.4, 0.5) is 5.69 Å². The number of pyridine rings is 1. The quantitative estimate of drug-likeness (QED) is 0.859. The predicted octanol–water partition coefficient (Wildman–Crippen LogP) is 0.819. The Morgan fingerprint density at radius 1 is 1.45 bits per heavy atom. The van der Waals surface area contributed by atoms with Crippen molar-refractivity contribution in [2.45, 2.75) is 32.4 Å². The molecule has 0 spiro atoms. The molecule has 0 saturated carbocycles. The molecule has 1 saturated heterocycles. The van der Waals surface area contributed by atoms with Crippen LogP contribution in [-0.2, 0) is 9.84 Å². The van der Waals surface area contributed by atoms with Crippen LogP contribution in [0.5, 0.6) is 0 Å². The predicted molar refractivity (Wildman–Crippen MR) is 77.5 cm³/mol. The monoisotopic (exact) mass is 297 g/mol. The van der Waals surface area contributed by atoms with Crippen molar-refractivity contribution in [2.75, 3.05) is 16.8 Å². The third-order valence-corrected chi connectivity index (χ3v) is 4.78. The molecule has 1 aliphatic heterocycles. The highest BCUT2D eigenvalue weighted by atomic mass is 32.2. The van der Waals surface area contributed by atoms with E-state index in [1.54, 1.807) is 18.3 Å². The van der Waals surface area contributed by atoms with E-state index in [0.29, 0.717) is 12.1 Å². The number of nitrogens with zero attached hydrogens (tertiary/aromatic N) is 1. The molecule has 1 aromatic rings. The average Bonchev–Trinajstić information content (AvgIpc) is 2.68. The van der Waals surface area contributed by atoms with Crippen LogP contribution in [0.25, 0.3) is 0 Å². The summed E-state index contributed by atoms with van der Waals surface area (Å²) in [4.78, 5) is 16.1. The highest BCUT2D eigenvalue weighted by Gasteiger charge is 2.29. The first kappa shape index (κ1) is 14.8. The van der Waals surface area contributed by atoms with Gasteiger partial charge in [-0.3, -0.25) is 9.78 Å². The number of amides is 1. The molecule has 0 aliphatic carbocycles. The van der Waals surface area contributed by atoms with E-state index in [2.05, 4.69) is 15.6 Å². The van der Waals surface area contributed by atoms with Crippen molar-refractivity contribution in [3.8, 4) is 0 Å². The molecule has 7 heteroatoms. The Kier molecular flexibility index (Phi) is 4.27. The maximum atomic E-state index is 12.1. The SMILES string of the molecule is CC(C)Nc1ccnc(C(=O)NC2CCS(=O)(=O)C2)c1. The molecule has 20 heavy (non-hydrogen) atoms. The fraction of sp³-hybridized carbons (Fsp3) is 0.538. The molecule has 0 bridgehead atoms. The van der Waals surface area contributed by atoms with Gasteiger partial charge in [0.05, 0.1) is 11.5 Å². The lowest BCUT2D eigenvalue weighted by Crippen LogP contribution is -2.36. The van der Waals surface area contributed by atoms with Crippen molar-refractivity contribution in [2.24, 2.45) is 0 Å². The highest BCUT2D eigenvalue weighted by molar-refractivity contribution is 7.91. The van der Waals surface area contributed by atoms with E-state index in [0.717, 1.165) is 5.69 Å². The fourth-order valence-corrected chi connectivity index (χ4v) is 3.82. The van der Waals surface area contributed by atoms with Gasteiger partial charge in [0, 0.05) is 24.0 Å². The Balaban J connectivity index is 2.02. The second kappa shape index (κ2) is 5.78. The maximum absolute atomic E-state index is 12.1. The van der Waals surface area contributed by atoms with Crippen LogP contribution in [-0.4, -0.2) is 42.9 Å². The summed E-state index contributed by atoms with van der Waals surface area (Å²) in [6.07, 6.45) is 2.03. The number of rotatable bonds is 4. The van der Waals surface area contributed by atoms with E-state index >= 15 is 0 Å². The number of hydrogen-bond acceptors (Lipinski definition) is 5. The second-order valence-electron chi connectivity index (χ2n) is 5.30. The molecular weight excluding hydrogens is 278 g/mol. The van der Waals surface area contributed by atoms with E-state index in [1.807, 2.05) is 13.8 Å². The van der Waals surface area contributed by atoms with Crippen LogP contribution in [0, 0.1) is 0 Å². The largest absolute Gasteiger partial charge is 0.383 e. The molecule has 6 nitrogen and oxygen atoms in total. The van der Waals surface area contributed by atoms with Crippen LogP contribution >= 0.6 is 0 Å².